The van der Waals surface area contributed by atoms with Gasteiger partial charge in [0, 0.05) is 12.6 Å². The third kappa shape index (κ3) is 3.59. The van der Waals surface area contributed by atoms with Crippen LogP contribution in [0, 0.1) is 0 Å². The zero-order chi connectivity index (χ0) is 13.8. The highest BCUT2D eigenvalue weighted by Gasteiger charge is 2.18. The molecule has 1 aromatic rings. The molecular formula is C11H18N2O4S. The molecule has 0 saturated carbocycles. The average molecular weight is 274 g/mol. The first-order valence-corrected chi connectivity index (χ1v) is 7.00. The number of benzene rings is 1. The van der Waals surface area contributed by atoms with E-state index in [1.807, 2.05) is 0 Å². The molecular weight excluding hydrogens is 256 g/mol. The zero-order valence-corrected chi connectivity index (χ0v) is 11.2. The van der Waals surface area contributed by atoms with Gasteiger partial charge in [0.2, 0.25) is 10.0 Å². The van der Waals surface area contributed by atoms with E-state index in [4.69, 9.17) is 10.5 Å². The van der Waals surface area contributed by atoms with E-state index >= 15 is 0 Å². The summed E-state index contributed by atoms with van der Waals surface area (Å²) in [6.45, 7) is 1.73. The fraction of sp³-hybridized carbons (Fsp3) is 0.455. The third-order valence-electron chi connectivity index (χ3n) is 2.49. The number of nitrogens with one attached hydrogen (secondary N) is 1. The first-order valence-electron chi connectivity index (χ1n) is 5.52. The first kappa shape index (κ1) is 14.7. The molecule has 0 aliphatic rings. The van der Waals surface area contributed by atoms with Gasteiger partial charge < -0.3 is 15.6 Å². The van der Waals surface area contributed by atoms with Crippen LogP contribution in [-0.2, 0) is 10.0 Å². The van der Waals surface area contributed by atoms with Gasteiger partial charge in [0.1, 0.15) is 10.6 Å². The normalized spacial score (nSPS) is 13.3. The second-order valence-corrected chi connectivity index (χ2v) is 5.55. The number of anilines is 1. The Morgan fingerprint density at radius 3 is 2.67 bits per heavy atom. The Labute approximate surface area is 107 Å². The number of methoxy groups -OCH3 is 1. The van der Waals surface area contributed by atoms with E-state index in [1.54, 1.807) is 6.92 Å². The Morgan fingerprint density at radius 2 is 2.17 bits per heavy atom. The monoisotopic (exact) mass is 274 g/mol. The van der Waals surface area contributed by atoms with E-state index in [9.17, 15) is 13.5 Å². The maximum absolute atomic E-state index is 11.9. The largest absolute Gasteiger partial charge is 0.497 e. The van der Waals surface area contributed by atoms with E-state index < -0.39 is 16.1 Å². The number of hydrogen-bond donors (Lipinski definition) is 3. The minimum atomic E-state index is -3.71. The Morgan fingerprint density at radius 1 is 1.50 bits per heavy atom. The smallest absolute Gasteiger partial charge is 0.242 e. The van der Waals surface area contributed by atoms with Crippen LogP contribution in [0.25, 0.3) is 0 Å². The van der Waals surface area contributed by atoms with Crippen molar-refractivity contribution < 1.29 is 18.3 Å². The molecule has 0 amide bonds. The highest BCUT2D eigenvalue weighted by Crippen LogP contribution is 2.23. The molecule has 4 N–H and O–H groups in total. The summed E-state index contributed by atoms with van der Waals surface area (Å²) in [5.74, 6) is 0.486. The van der Waals surface area contributed by atoms with Crippen molar-refractivity contribution in [3.05, 3.63) is 18.2 Å². The van der Waals surface area contributed by atoms with Crippen LogP contribution in [0.5, 0.6) is 5.75 Å². The second-order valence-electron chi connectivity index (χ2n) is 3.82. The maximum Gasteiger partial charge on any atom is 0.242 e. The zero-order valence-electron chi connectivity index (χ0n) is 10.4. The summed E-state index contributed by atoms with van der Waals surface area (Å²) in [6.07, 6.45) is -0.236. The first-order chi connectivity index (χ1) is 8.40. The predicted molar refractivity (Wildman–Crippen MR) is 68.9 cm³/mol. The van der Waals surface area contributed by atoms with Crippen LogP contribution in [0.1, 0.15) is 13.3 Å². The van der Waals surface area contributed by atoms with Crippen molar-refractivity contribution >= 4 is 15.7 Å². The van der Waals surface area contributed by atoms with Crippen LogP contribution in [0.4, 0.5) is 5.69 Å². The minimum absolute atomic E-state index is 0.0217. The molecule has 0 aliphatic carbocycles. The Kier molecular flexibility index (Phi) is 4.94. The summed E-state index contributed by atoms with van der Waals surface area (Å²) in [7, 11) is -2.24. The predicted octanol–water partition coefficient (Wildman–Crippen LogP) is 0.327. The fourth-order valence-corrected chi connectivity index (χ4v) is 2.51. The van der Waals surface area contributed by atoms with Crippen LogP contribution < -0.4 is 15.2 Å². The maximum atomic E-state index is 11.9. The number of sulfonamides is 1. The van der Waals surface area contributed by atoms with Crippen LogP contribution in [0.3, 0.4) is 0 Å². The fourth-order valence-electron chi connectivity index (χ4n) is 1.33. The number of nitrogens with two attached hydrogens (primary N) is 1. The Balaban J connectivity index is 2.91. The molecule has 1 rings (SSSR count). The van der Waals surface area contributed by atoms with E-state index in [1.165, 1.54) is 25.3 Å². The van der Waals surface area contributed by atoms with E-state index in [0.717, 1.165) is 0 Å². The molecule has 18 heavy (non-hydrogen) atoms. The Bertz CT molecular complexity index is 502. The molecule has 6 nitrogen and oxygen atoms in total. The molecule has 7 heteroatoms. The summed E-state index contributed by atoms with van der Waals surface area (Å²) in [5.41, 5.74) is 5.76. The van der Waals surface area contributed by atoms with Gasteiger partial charge in [-0.1, -0.05) is 6.92 Å². The lowest BCUT2D eigenvalue weighted by Gasteiger charge is -2.12. The van der Waals surface area contributed by atoms with Gasteiger partial charge in [0.25, 0.3) is 0 Å². The molecule has 0 bridgehead atoms. The van der Waals surface area contributed by atoms with Crippen molar-refractivity contribution in [2.75, 3.05) is 19.4 Å². The lowest BCUT2D eigenvalue weighted by Crippen LogP contribution is -2.32. The van der Waals surface area contributed by atoms with Gasteiger partial charge in [0.05, 0.1) is 18.9 Å². The summed E-state index contributed by atoms with van der Waals surface area (Å²) >= 11 is 0. The minimum Gasteiger partial charge on any atom is -0.497 e. The van der Waals surface area contributed by atoms with Crippen molar-refractivity contribution in [2.24, 2.45) is 0 Å². The van der Waals surface area contributed by atoms with Crippen LogP contribution in [-0.4, -0.2) is 33.3 Å². The summed E-state index contributed by atoms with van der Waals surface area (Å²) in [5, 5.41) is 9.34. The van der Waals surface area contributed by atoms with Gasteiger partial charge in [0.15, 0.2) is 0 Å². The van der Waals surface area contributed by atoms with Crippen LogP contribution >= 0.6 is 0 Å². The van der Waals surface area contributed by atoms with E-state index in [2.05, 4.69) is 4.72 Å². The summed E-state index contributed by atoms with van der Waals surface area (Å²) in [6, 6.07) is 4.32. The quantitative estimate of drug-likeness (QED) is 0.649. The van der Waals surface area contributed by atoms with Gasteiger partial charge in [-0.15, -0.1) is 0 Å². The molecule has 0 saturated heterocycles. The molecule has 0 aliphatic heterocycles. The molecule has 0 heterocycles. The topological polar surface area (TPSA) is 102 Å². The molecule has 0 fully saturated rings. The number of ether oxygens (including phenoxy) is 1. The van der Waals surface area contributed by atoms with Crippen LogP contribution in [0.2, 0.25) is 0 Å². The molecule has 1 unspecified atom stereocenters. The highest BCUT2D eigenvalue weighted by molar-refractivity contribution is 7.89. The number of aliphatic hydroxyl groups excluding tert-OH is 1. The van der Waals surface area contributed by atoms with Crippen molar-refractivity contribution in [2.45, 2.75) is 24.3 Å². The van der Waals surface area contributed by atoms with Gasteiger partial charge in [-0.3, -0.25) is 0 Å². The second kappa shape index (κ2) is 6.03. The number of rotatable bonds is 6. The molecule has 1 atom stereocenters. The number of aliphatic hydroxyl groups is 1. The standard InChI is InChI=1S/C11H18N2O4S/c1-3-8(14)7-13-18(15,16)11-5-4-9(17-2)6-10(11)12/h4-6,8,13-14H,3,7,12H2,1-2H3. The average Bonchev–Trinajstić information content (AvgIpc) is 2.35. The molecule has 0 radical (unpaired) electrons. The lowest BCUT2D eigenvalue weighted by molar-refractivity contribution is 0.174. The molecule has 0 aromatic heterocycles. The van der Waals surface area contributed by atoms with Crippen molar-refractivity contribution in [1.29, 1.82) is 0 Å². The summed E-state index contributed by atoms with van der Waals surface area (Å²) < 4.78 is 31.1. The Hall–Kier alpha value is -1.31. The van der Waals surface area contributed by atoms with Crippen molar-refractivity contribution in [1.82, 2.24) is 4.72 Å². The number of nitrogen functional groups attached to an aromatic ring is 1. The highest BCUT2D eigenvalue weighted by atomic mass is 32.2. The third-order valence-corrected chi connectivity index (χ3v) is 3.98. The molecule has 0 spiro atoms. The SMILES string of the molecule is CCC(O)CNS(=O)(=O)c1ccc(OC)cc1N. The van der Waals surface area contributed by atoms with Gasteiger partial charge >= 0.3 is 0 Å². The van der Waals surface area contributed by atoms with Crippen LogP contribution in [0.15, 0.2) is 23.1 Å². The van der Waals surface area contributed by atoms with E-state index in [-0.39, 0.29) is 17.1 Å². The number of hydrogen-bond acceptors (Lipinski definition) is 5. The van der Waals surface area contributed by atoms with Gasteiger partial charge in [-0.2, -0.15) is 0 Å². The van der Waals surface area contributed by atoms with Crippen molar-refractivity contribution in [3.8, 4) is 5.75 Å². The summed E-state index contributed by atoms with van der Waals surface area (Å²) in [4.78, 5) is -0.0217. The lowest BCUT2D eigenvalue weighted by atomic mass is 10.3. The molecule has 102 valence electrons. The van der Waals surface area contributed by atoms with Gasteiger partial charge in [-0.25, -0.2) is 13.1 Å². The van der Waals surface area contributed by atoms with E-state index in [0.29, 0.717) is 12.2 Å². The molecule has 1 aromatic carbocycles. The van der Waals surface area contributed by atoms with Crippen molar-refractivity contribution in [3.63, 3.8) is 0 Å². The van der Waals surface area contributed by atoms with Gasteiger partial charge in [-0.05, 0) is 18.6 Å².